The zero-order valence-corrected chi connectivity index (χ0v) is 31.2. The van der Waals surface area contributed by atoms with E-state index in [0.717, 1.165) is 85.8 Å². The predicted octanol–water partition coefficient (Wildman–Crippen LogP) is 10.1. The molecule has 260 valence electrons. The number of amides is 1. The fourth-order valence-electron chi connectivity index (χ4n) is 4.77. The van der Waals surface area contributed by atoms with Crippen molar-refractivity contribution in [2.75, 3.05) is 25.5 Å². The van der Waals surface area contributed by atoms with Crippen LogP contribution in [0.3, 0.4) is 0 Å². The van der Waals surface area contributed by atoms with Gasteiger partial charge in [0.25, 0.3) is 5.91 Å². The van der Waals surface area contributed by atoms with E-state index in [1.54, 1.807) is 18.5 Å². The van der Waals surface area contributed by atoms with Crippen molar-refractivity contribution in [3.63, 3.8) is 0 Å². The fourth-order valence-corrected chi connectivity index (χ4v) is 4.77. The molecule has 0 saturated carbocycles. The summed E-state index contributed by atoms with van der Waals surface area (Å²) in [5.41, 5.74) is 4.69. The molecule has 0 bridgehead atoms. The van der Waals surface area contributed by atoms with Crippen LogP contribution < -0.4 is 10.6 Å². The number of hydrogen-bond acceptors (Lipinski definition) is 5. The average Bonchev–Trinajstić information content (AvgIpc) is 3.05. The van der Waals surface area contributed by atoms with Gasteiger partial charge in [-0.3, -0.25) is 9.78 Å². The summed E-state index contributed by atoms with van der Waals surface area (Å²) in [5.74, 6) is 2.28. The standard InChI is InChI=1S/C36H53N5O.C5H12/c1-10-27(7)33(40-36(42)30(13-4)17-15-14-16-26(5)6)23-31(29(11-2)12-3)22-28(8)34-24-37-25-35(39-34)38-32-18-20-41(9)21-19-32;1-4-5(2)3/h11-13,17,22-27,32H,2,4,8,10,14-16,18-21H2,1,3,5-7,9H3,(H,38,39)(H,40,42);5H,4H2,1-3H3/b29-12-,30-17+,31-22-,33-23+;. The van der Waals surface area contributed by atoms with Crippen LogP contribution >= 0.6 is 0 Å². The molecule has 1 fully saturated rings. The molecule has 0 aromatic carbocycles. The number of nitrogens with zero attached hydrogens (tertiary/aromatic N) is 3. The van der Waals surface area contributed by atoms with Crippen LogP contribution in [0.4, 0.5) is 5.82 Å². The maximum atomic E-state index is 13.3. The molecule has 2 N–H and O–H groups in total. The lowest BCUT2D eigenvalue weighted by atomic mass is 9.96. The van der Waals surface area contributed by atoms with E-state index in [1.807, 2.05) is 37.3 Å². The largest absolute Gasteiger partial charge is 0.366 e. The van der Waals surface area contributed by atoms with Crippen molar-refractivity contribution >= 4 is 17.3 Å². The highest BCUT2D eigenvalue weighted by atomic mass is 16.1. The van der Waals surface area contributed by atoms with Crippen molar-refractivity contribution in [3.05, 3.63) is 96.7 Å². The number of nitrogens with one attached hydrogen (secondary N) is 2. The summed E-state index contributed by atoms with van der Waals surface area (Å²) in [6.45, 7) is 31.7. The van der Waals surface area contributed by atoms with Crippen LogP contribution in [0, 0.1) is 17.8 Å². The van der Waals surface area contributed by atoms with Gasteiger partial charge in [0.2, 0.25) is 0 Å². The zero-order valence-electron chi connectivity index (χ0n) is 31.2. The van der Waals surface area contributed by atoms with Crippen LogP contribution in [0.5, 0.6) is 0 Å². The summed E-state index contributed by atoms with van der Waals surface area (Å²) >= 11 is 0. The van der Waals surface area contributed by atoms with Crippen molar-refractivity contribution in [3.8, 4) is 0 Å². The van der Waals surface area contributed by atoms with Gasteiger partial charge in [-0.2, -0.15) is 0 Å². The van der Waals surface area contributed by atoms with Gasteiger partial charge in [-0.25, -0.2) is 4.98 Å². The van der Waals surface area contributed by atoms with Crippen LogP contribution in [0.15, 0.2) is 91.0 Å². The fraction of sp³-hybridized carbons (Fsp3) is 0.537. The first-order valence-electron chi connectivity index (χ1n) is 17.7. The van der Waals surface area contributed by atoms with E-state index in [4.69, 9.17) is 4.98 Å². The van der Waals surface area contributed by atoms with Gasteiger partial charge in [0.05, 0.1) is 18.1 Å². The van der Waals surface area contributed by atoms with Crippen molar-refractivity contribution in [1.82, 2.24) is 20.2 Å². The molecular formula is C41H65N5O. The number of likely N-dealkylation sites (tertiary alicyclic amines) is 1. The Kier molecular flexibility index (Phi) is 20.2. The van der Waals surface area contributed by atoms with Gasteiger partial charge < -0.3 is 15.5 Å². The molecule has 6 nitrogen and oxygen atoms in total. The number of carbonyl (C=O) groups is 1. The zero-order chi connectivity index (χ0) is 35.4. The number of anilines is 1. The molecular weight excluding hydrogens is 578 g/mol. The molecule has 1 saturated heterocycles. The molecule has 1 unspecified atom stereocenters. The number of aromatic nitrogens is 2. The Balaban J connectivity index is 0.00000204. The number of allylic oxidation sites excluding steroid dienone is 9. The van der Waals surface area contributed by atoms with E-state index < -0.39 is 0 Å². The topological polar surface area (TPSA) is 70.2 Å². The van der Waals surface area contributed by atoms with Crippen molar-refractivity contribution in [2.45, 2.75) is 106 Å². The van der Waals surface area contributed by atoms with Gasteiger partial charge in [-0.1, -0.05) is 105 Å². The maximum Gasteiger partial charge on any atom is 0.255 e. The van der Waals surface area contributed by atoms with E-state index in [9.17, 15) is 4.79 Å². The maximum absolute atomic E-state index is 13.3. The lowest BCUT2D eigenvalue weighted by Gasteiger charge is -2.29. The third kappa shape index (κ3) is 16.2. The number of hydrogen-bond donors (Lipinski definition) is 2. The minimum Gasteiger partial charge on any atom is -0.366 e. The van der Waals surface area contributed by atoms with Crippen LogP contribution in [-0.4, -0.2) is 47.0 Å². The lowest BCUT2D eigenvalue weighted by Crippen LogP contribution is -2.36. The first-order chi connectivity index (χ1) is 22.4. The lowest BCUT2D eigenvalue weighted by molar-refractivity contribution is -0.116. The SMILES string of the molecule is C=CC(=C/C)/C(=C\C(=C)c1cncc(NC2CCN(C)CC2)n1)/C=C(/NC(=O)/C(C=C)=C/CCCC(C)C)C(C)CC.CCC(C)C. The highest BCUT2D eigenvalue weighted by Crippen LogP contribution is 2.24. The molecule has 2 heterocycles. The molecule has 1 aromatic heterocycles. The molecule has 0 radical (unpaired) electrons. The van der Waals surface area contributed by atoms with Crippen LogP contribution in [0.1, 0.15) is 106 Å². The first kappa shape index (κ1) is 41.5. The Morgan fingerprint density at radius 2 is 1.62 bits per heavy atom. The molecule has 1 amide bonds. The van der Waals surface area contributed by atoms with E-state index in [0.29, 0.717) is 23.2 Å². The third-order valence-corrected chi connectivity index (χ3v) is 8.59. The number of rotatable bonds is 17. The quantitative estimate of drug-likeness (QED) is 0.100. The van der Waals surface area contributed by atoms with Gasteiger partial charge >= 0.3 is 0 Å². The number of piperidine rings is 1. The Bertz CT molecular complexity index is 1260. The Hall–Kier alpha value is -3.51. The summed E-state index contributed by atoms with van der Waals surface area (Å²) in [5, 5.41) is 6.73. The van der Waals surface area contributed by atoms with Gasteiger partial charge in [-0.15, -0.1) is 0 Å². The molecule has 1 aliphatic heterocycles. The second-order valence-corrected chi connectivity index (χ2v) is 13.4. The minimum absolute atomic E-state index is 0.127. The van der Waals surface area contributed by atoms with Crippen LogP contribution in [0.2, 0.25) is 0 Å². The van der Waals surface area contributed by atoms with Crippen molar-refractivity contribution in [1.29, 1.82) is 0 Å². The first-order valence-corrected chi connectivity index (χ1v) is 17.7. The summed E-state index contributed by atoms with van der Waals surface area (Å²) in [6.07, 6.45) is 22.3. The van der Waals surface area contributed by atoms with Crippen molar-refractivity contribution in [2.24, 2.45) is 17.8 Å². The third-order valence-electron chi connectivity index (χ3n) is 8.59. The van der Waals surface area contributed by atoms with Gasteiger partial charge in [0, 0.05) is 17.3 Å². The molecule has 1 aromatic rings. The minimum atomic E-state index is -0.140. The smallest absolute Gasteiger partial charge is 0.255 e. The Morgan fingerprint density at radius 1 is 0.979 bits per heavy atom. The molecule has 1 aliphatic rings. The molecule has 6 heteroatoms. The van der Waals surface area contributed by atoms with Gasteiger partial charge in [0.1, 0.15) is 5.82 Å². The van der Waals surface area contributed by atoms with E-state index in [2.05, 4.69) is 95.8 Å². The molecule has 47 heavy (non-hydrogen) atoms. The van der Waals surface area contributed by atoms with E-state index in [-0.39, 0.29) is 11.8 Å². The second-order valence-electron chi connectivity index (χ2n) is 13.4. The van der Waals surface area contributed by atoms with Crippen LogP contribution in [0.25, 0.3) is 5.57 Å². The molecule has 0 aliphatic carbocycles. The molecule has 1 atom stereocenters. The number of carbonyl (C=O) groups excluding carboxylic acids is 1. The second kappa shape index (κ2) is 22.9. The van der Waals surface area contributed by atoms with Gasteiger partial charge in [0.15, 0.2) is 0 Å². The molecule has 0 spiro atoms. The average molecular weight is 644 g/mol. The normalized spacial score (nSPS) is 16.0. The summed E-state index contributed by atoms with van der Waals surface area (Å²) in [4.78, 5) is 24.9. The highest BCUT2D eigenvalue weighted by Gasteiger charge is 2.18. The summed E-state index contributed by atoms with van der Waals surface area (Å²) < 4.78 is 0. The van der Waals surface area contributed by atoms with E-state index >= 15 is 0 Å². The summed E-state index contributed by atoms with van der Waals surface area (Å²) in [6, 6.07) is 0.384. The Labute approximate surface area is 288 Å². The monoisotopic (exact) mass is 644 g/mol. The van der Waals surface area contributed by atoms with Crippen LogP contribution in [-0.2, 0) is 4.79 Å². The number of unbranched alkanes of at least 4 members (excludes halogenated alkanes) is 1. The Morgan fingerprint density at radius 3 is 2.15 bits per heavy atom. The molecule has 2 rings (SSSR count). The summed E-state index contributed by atoms with van der Waals surface area (Å²) in [7, 11) is 2.16. The highest BCUT2D eigenvalue weighted by molar-refractivity contribution is 5.97. The van der Waals surface area contributed by atoms with Crippen molar-refractivity contribution < 1.29 is 4.79 Å². The van der Waals surface area contributed by atoms with E-state index in [1.165, 1.54) is 6.42 Å². The predicted molar refractivity (Wildman–Crippen MR) is 205 cm³/mol. The van der Waals surface area contributed by atoms with Gasteiger partial charge in [-0.05, 0) is 106 Å².